The Hall–Kier alpha value is -0.450. The molecular weight excluding hydrogens is 309 g/mol. The summed E-state index contributed by atoms with van der Waals surface area (Å²) < 4.78 is 10.6. The second kappa shape index (κ2) is 9.45. The molecule has 1 aromatic rings. The molecule has 0 aliphatic heterocycles. The van der Waals surface area contributed by atoms with Gasteiger partial charge >= 0.3 is 0 Å². The molecule has 1 rings (SSSR count). The molecule has 0 aliphatic carbocycles. The Labute approximate surface area is 128 Å². The molecule has 0 fully saturated rings. The molecule has 0 saturated heterocycles. The molecule has 19 heavy (non-hydrogen) atoms. The first kappa shape index (κ1) is 16.6. The largest absolute Gasteiger partial charge is 0.488 e. The number of ether oxygens (including phenoxy) is 2. The van der Waals surface area contributed by atoms with Crippen LogP contribution in [-0.2, 0) is 11.3 Å². The van der Waals surface area contributed by atoms with Crippen LogP contribution in [0.2, 0.25) is 5.02 Å². The summed E-state index contributed by atoms with van der Waals surface area (Å²) in [6, 6.07) is 5.44. The van der Waals surface area contributed by atoms with Crippen LogP contribution < -0.4 is 10.1 Å². The molecule has 0 heterocycles. The van der Waals surface area contributed by atoms with Crippen molar-refractivity contribution in [3.8, 4) is 5.75 Å². The Morgan fingerprint density at radius 3 is 2.89 bits per heavy atom. The monoisotopic (exact) mass is 323 g/mol. The van der Waals surface area contributed by atoms with Gasteiger partial charge in [-0.05, 0) is 18.2 Å². The summed E-state index contributed by atoms with van der Waals surface area (Å²) in [5, 5.41) is 4.34. The van der Waals surface area contributed by atoms with E-state index in [4.69, 9.17) is 44.3 Å². The molecule has 0 aromatic heterocycles. The fourth-order valence-electron chi connectivity index (χ4n) is 1.40. The van der Waals surface area contributed by atoms with Crippen molar-refractivity contribution in [1.29, 1.82) is 0 Å². The summed E-state index contributed by atoms with van der Waals surface area (Å²) in [4.78, 5) is 0. The normalized spacial score (nSPS) is 11.7. The van der Waals surface area contributed by atoms with Gasteiger partial charge < -0.3 is 14.8 Å². The zero-order valence-electron chi connectivity index (χ0n) is 10.6. The van der Waals surface area contributed by atoms with Crippen LogP contribution in [0.15, 0.2) is 28.8 Å². The van der Waals surface area contributed by atoms with E-state index in [-0.39, 0.29) is 6.61 Å². The van der Waals surface area contributed by atoms with Gasteiger partial charge in [-0.15, -0.1) is 0 Å². The van der Waals surface area contributed by atoms with Crippen molar-refractivity contribution in [2.75, 3.05) is 26.9 Å². The van der Waals surface area contributed by atoms with E-state index in [0.29, 0.717) is 23.2 Å². The highest BCUT2D eigenvalue weighted by Crippen LogP contribution is 2.23. The van der Waals surface area contributed by atoms with E-state index in [1.54, 1.807) is 13.2 Å². The lowest BCUT2D eigenvalue weighted by molar-refractivity contribution is 0.199. The topological polar surface area (TPSA) is 30.5 Å². The van der Waals surface area contributed by atoms with E-state index in [0.717, 1.165) is 17.9 Å². The first-order valence-electron chi connectivity index (χ1n) is 5.73. The molecule has 106 valence electrons. The van der Waals surface area contributed by atoms with Crippen LogP contribution in [0.1, 0.15) is 5.56 Å². The molecule has 0 aliphatic rings. The Bertz CT molecular complexity index is 424. The van der Waals surface area contributed by atoms with Crippen molar-refractivity contribution < 1.29 is 9.47 Å². The Kier molecular flexibility index (Phi) is 8.26. The summed E-state index contributed by atoms with van der Waals surface area (Å²) in [6.07, 6.45) is 0. The van der Waals surface area contributed by atoms with Crippen LogP contribution in [0.5, 0.6) is 5.75 Å². The summed E-state index contributed by atoms with van der Waals surface area (Å²) in [7, 11) is 1.66. The van der Waals surface area contributed by atoms with Crippen molar-refractivity contribution in [3.63, 3.8) is 0 Å². The molecule has 6 heteroatoms. The van der Waals surface area contributed by atoms with Gasteiger partial charge in [0.2, 0.25) is 0 Å². The maximum atomic E-state index is 5.98. The molecule has 0 radical (unpaired) electrons. The van der Waals surface area contributed by atoms with Gasteiger partial charge in [-0.2, -0.15) is 0 Å². The van der Waals surface area contributed by atoms with Crippen molar-refractivity contribution in [1.82, 2.24) is 5.32 Å². The number of nitrogens with one attached hydrogen (secondary N) is 1. The number of benzene rings is 1. The molecule has 1 aromatic carbocycles. The molecule has 0 saturated carbocycles. The van der Waals surface area contributed by atoms with Crippen LogP contribution in [0, 0.1) is 0 Å². The summed E-state index contributed by atoms with van der Waals surface area (Å²) >= 11 is 17.3. The average molecular weight is 325 g/mol. The van der Waals surface area contributed by atoms with Gasteiger partial charge in [-0.1, -0.05) is 34.8 Å². The number of rotatable bonds is 8. The average Bonchev–Trinajstić information content (AvgIpc) is 2.42. The zero-order valence-corrected chi connectivity index (χ0v) is 12.9. The highest BCUT2D eigenvalue weighted by molar-refractivity contribution is 6.36. The van der Waals surface area contributed by atoms with E-state index >= 15 is 0 Å². The molecule has 0 bridgehead atoms. The fourth-order valence-corrected chi connectivity index (χ4v) is 1.71. The van der Waals surface area contributed by atoms with Gasteiger partial charge in [0.25, 0.3) is 0 Å². The van der Waals surface area contributed by atoms with E-state index in [2.05, 4.69) is 5.32 Å². The van der Waals surface area contributed by atoms with Crippen LogP contribution in [0.4, 0.5) is 0 Å². The van der Waals surface area contributed by atoms with E-state index in [1.807, 2.05) is 12.1 Å². The number of hydrogen-bond acceptors (Lipinski definition) is 3. The van der Waals surface area contributed by atoms with E-state index in [9.17, 15) is 0 Å². The van der Waals surface area contributed by atoms with Crippen molar-refractivity contribution in [2.45, 2.75) is 6.54 Å². The second-order valence-electron chi connectivity index (χ2n) is 3.77. The van der Waals surface area contributed by atoms with E-state index < -0.39 is 0 Å². The molecule has 1 N–H and O–H groups in total. The van der Waals surface area contributed by atoms with Crippen LogP contribution in [0.25, 0.3) is 0 Å². The van der Waals surface area contributed by atoms with E-state index in [1.165, 1.54) is 5.54 Å². The highest BCUT2D eigenvalue weighted by atomic mass is 35.5. The minimum atomic E-state index is 0.234. The van der Waals surface area contributed by atoms with Crippen molar-refractivity contribution >= 4 is 34.8 Å². The second-order valence-corrected chi connectivity index (χ2v) is 4.91. The van der Waals surface area contributed by atoms with Gasteiger partial charge in [-0.25, -0.2) is 0 Å². The summed E-state index contributed by atoms with van der Waals surface area (Å²) in [5.41, 5.74) is 2.25. The molecule has 3 nitrogen and oxygen atoms in total. The number of halogens is 3. The van der Waals surface area contributed by atoms with Gasteiger partial charge in [-0.3, -0.25) is 0 Å². The third-order valence-electron chi connectivity index (χ3n) is 2.30. The summed E-state index contributed by atoms with van der Waals surface area (Å²) in [6.45, 7) is 2.28. The van der Waals surface area contributed by atoms with Gasteiger partial charge in [0.15, 0.2) is 0 Å². The summed E-state index contributed by atoms with van der Waals surface area (Å²) in [5.74, 6) is 0.728. The first-order valence-corrected chi connectivity index (χ1v) is 6.92. The lowest BCUT2D eigenvalue weighted by Gasteiger charge is -2.12. The minimum Gasteiger partial charge on any atom is -0.488 e. The third-order valence-corrected chi connectivity index (χ3v) is 3.13. The maximum absolute atomic E-state index is 5.98. The standard InChI is InChI=1S/C13H16Cl3NO2/c1-18-5-4-17-8-10-6-11(15)2-3-13(10)19-9-12(16)7-14/h2-3,6-7,17H,4-5,8-9H2,1H3. The number of hydrogen-bond donors (Lipinski definition) is 1. The molecule has 0 unspecified atom stereocenters. The smallest absolute Gasteiger partial charge is 0.125 e. The minimum absolute atomic E-state index is 0.234. The quantitative estimate of drug-likeness (QED) is 0.738. The zero-order chi connectivity index (χ0) is 14.1. The van der Waals surface area contributed by atoms with Gasteiger partial charge in [0.1, 0.15) is 12.4 Å². The molecule has 0 spiro atoms. The Balaban J connectivity index is 2.63. The van der Waals surface area contributed by atoms with Crippen LogP contribution in [0.3, 0.4) is 0 Å². The molecule has 0 amide bonds. The molecular formula is C13H16Cl3NO2. The maximum Gasteiger partial charge on any atom is 0.125 e. The SMILES string of the molecule is COCCNCc1cc(Cl)ccc1OCC(Cl)=CCl. The highest BCUT2D eigenvalue weighted by Gasteiger charge is 2.05. The number of methoxy groups -OCH3 is 1. The first-order chi connectivity index (χ1) is 9.17. The predicted molar refractivity (Wildman–Crippen MR) is 80.3 cm³/mol. The lowest BCUT2D eigenvalue weighted by atomic mass is 10.2. The van der Waals surface area contributed by atoms with Crippen LogP contribution in [-0.4, -0.2) is 26.9 Å². The fraction of sp³-hybridized carbons (Fsp3) is 0.385. The molecule has 0 atom stereocenters. The van der Waals surface area contributed by atoms with Crippen LogP contribution >= 0.6 is 34.8 Å². The van der Waals surface area contributed by atoms with Gasteiger partial charge in [0.05, 0.1) is 11.6 Å². The van der Waals surface area contributed by atoms with Crippen molar-refractivity contribution in [2.24, 2.45) is 0 Å². The van der Waals surface area contributed by atoms with Crippen molar-refractivity contribution in [3.05, 3.63) is 39.4 Å². The Morgan fingerprint density at radius 1 is 1.42 bits per heavy atom. The lowest BCUT2D eigenvalue weighted by Crippen LogP contribution is -2.19. The third kappa shape index (κ3) is 6.50. The van der Waals surface area contributed by atoms with Gasteiger partial charge in [0, 0.05) is 36.3 Å². The predicted octanol–water partition coefficient (Wildman–Crippen LogP) is 3.77. The Morgan fingerprint density at radius 2 is 2.21 bits per heavy atom.